The van der Waals surface area contributed by atoms with Crippen LogP contribution < -0.4 is 15.0 Å². The number of carbonyl (C=O) groups is 2. The lowest BCUT2D eigenvalue weighted by molar-refractivity contribution is -0.117. The number of ether oxygens (including phenoxy) is 1. The van der Waals surface area contributed by atoms with Gasteiger partial charge < -0.3 is 15.2 Å². The van der Waals surface area contributed by atoms with Gasteiger partial charge in [0, 0.05) is 23.6 Å². The number of fused-ring (bicyclic) bond motifs is 1. The number of anilines is 2. The highest BCUT2D eigenvalue weighted by molar-refractivity contribution is 7.21. The average molecular weight is 444 g/mol. The van der Waals surface area contributed by atoms with E-state index >= 15 is 0 Å². The van der Waals surface area contributed by atoms with Crippen LogP contribution in [0.4, 0.5) is 20.0 Å². The van der Waals surface area contributed by atoms with Gasteiger partial charge in [0.2, 0.25) is 11.8 Å². The maximum atomic E-state index is 14.7. The Hall–Kier alpha value is -3.27. The predicted octanol–water partition coefficient (Wildman–Crippen LogP) is 5.25. The Morgan fingerprint density at radius 3 is 2.58 bits per heavy atom. The molecule has 4 rings (SSSR count). The fraction of sp³-hybridized carbons (Fsp3) is 0.333. The Labute approximate surface area is 181 Å². The maximum absolute atomic E-state index is 14.7. The van der Waals surface area contributed by atoms with Crippen LogP contribution in [0.15, 0.2) is 30.3 Å². The van der Waals surface area contributed by atoms with Crippen LogP contribution >= 0.6 is 11.3 Å². The SMILES string of the molecule is CC(C)(C)N(C(=O)O)c1ccc(Oc2ccc3nc(NC(=O)C4CC4)sc3n2)c(F)c1. The van der Waals surface area contributed by atoms with E-state index < -0.39 is 17.4 Å². The molecule has 0 spiro atoms. The molecule has 0 saturated heterocycles. The zero-order valence-corrected chi connectivity index (χ0v) is 18.0. The fourth-order valence-corrected chi connectivity index (χ4v) is 3.90. The standard InChI is InChI=1S/C21H21FN4O4S/c1-21(2,3)26(20(28)29)12-6-8-15(13(22)10-12)30-16-9-7-14-18(24-16)31-19(23-14)25-17(27)11-4-5-11/h6-11H,4-5H2,1-3H3,(H,28,29)(H,23,25,27). The summed E-state index contributed by atoms with van der Waals surface area (Å²) in [6.07, 6.45) is 0.622. The zero-order valence-electron chi connectivity index (χ0n) is 17.2. The number of aromatic nitrogens is 2. The summed E-state index contributed by atoms with van der Waals surface area (Å²) in [6.45, 7) is 5.16. The van der Waals surface area contributed by atoms with Gasteiger partial charge in [-0.05, 0) is 51.8 Å². The van der Waals surface area contributed by atoms with Crippen molar-refractivity contribution >= 4 is 44.5 Å². The number of nitrogens with one attached hydrogen (secondary N) is 1. The van der Waals surface area contributed by atoms with E-state index in [4.69, 9.17) is 4.74 Å². The van der Waals surface area contributed by atoms with Gasteiger partial charge in [-0.15, -0.1) is 0 Å². The summed E-state index contributed by atoms with van der Waals surface area (Å²) in [4.78, 5) is 33.8. The van der Waals surface area contributed by atoms with Gasteiger partial charge in [0.15, 0.2) is 16.7 Å². The Morgan fingerprint density at radius 2 is 1.97 bits per heavy atom. The molecule has 0 aliphatic heterocycles. The van der Waals surface area contributed by atoms with Crippen LogP contribution in [-0.2, 0) is 4.79 Å². The summed E-state index contributed by atoms with van der Waals surface area (Å²) in [5, 5.41) is 12.7. The molecule has 2 aromatic heterocycles. The van der Waals surface area contributed by atoms with E-state index in [1.807, 2.05) is 0 Å². The smallest absolute Gasteiger partial charge is 0.412 e. The second kappa shape index (κ2) is 7.77. The van der Waals surface area contributed by atoms with Crippen LogP contribution in [0.3, 0.4) is 0 Å². The molecule has 1 aromatic carbocycles. The summed E-state index contributed by atoms with van der Waals surface area (Å²) < 4.78 is 20.2. The summed E-state index contributed by atoms with van der Waals surface area (Å²) in [5.41, 5.74) is 0.0554. The molecule has 2 heterocycles. The van der Waals surface area contributed by atoms with Crippen molar-refractivity contribution in [3.05, 3.63) is 36.1 Å². The first kappa shape index (κ1) is 21.0. The first-order chi connectivity index (χ1) is 14.6. The Bertz CT molecular complexity index is 1170. The van der Waals surface area contributed by atoms with Crippen molar-refractivity contribution in [3.8, 4) is 11.6 Å². The zero-order chi connectivity index (χ0) is 22.3. The first-order valence-corrected chi connectivity index (χ1v) is 10.5. The summed E-state index contributed by atoms with van der Waals surface area (Å²) in [7, 11) is 0. The second-order valence-electron chi connectivity index (χ2n) is 8.26. The lowest BCUT2D eigenvalue weighted by Gasteiger charge is -2.33. The van der Waals surface area contributed by atoms with Gasteiger partial charge in [-0.1, -0.05) is 11.3 Å². The van der Waals surface area contributed by atoms with Crippen LogP contribution in [0.5, 0.6) is 11.6 Å². The van der Waals surface area contributed by atoms with Crippen LogP contribution in [-0.4, -0.2) is 32.6 Å². The number of thiazole rings is 1. The van der Waals surface area contributed by atoms with Crippen molar-refractivity contribution in [1.82, 2.24) is 9.97 Å². The molecule has 162 valence electrons. The van der Waals surface area contributed by atoms with Gasteiger partial charge in [0.05, 0.1) is 5.69 Å². The van der Waals surface area contributed by atoms with Crippen molar-refractivity contribution in [2.45, 2.75) is 39.2 Å². The van der Waals surface area contributed by atoms with Gasteiger partial charge in [-0.25, -0.2) is 19.2 Å². The van der Waals surface area contributed by atoms with E-state index in [1.165, 1.54) is 23.5 Å². The topological polar surface area (TPSA) is 105 Å². The molecule has 31 heavy (non-hydrogen) atoms. The predicted molar refractivity (Wildman–Crippen MR) is 115 cm³/mol. The van der Waals surface area contributed by atoms with Gasteiger partial charge in [-0.2, -0.15) is 0 Å². The lowest BCUT2D eigenvalue weighted by atomic mass is 10.1. The molecule has 3 aromatic rings. The quantitative estimate of drug-likeness (QED) is 0.557. The molecule has 0 atom stereocenters. The monoisotopic (exact) mass is 444 g/mol. The maximum Gasteiger partial charge on any atom is 0.412 e. The largest absolute Gasteiger partial charge is 0.465 e. The lowest BCUT2D eigenvalue weighted by Crippen LogP contribution is -2.45. The van der Waals surface area contributed by atoms with Gasteiger partial charge in [-0.3, -0.25) is 9.69 Å². The van der Waals surface area contributed by atoms with Crippen molar-refractivity contribution in [2.24, 2.45) is 5.92 Å². The number of hydrogen-bond acceptors (Lipinski definition) is 6. The molecular weight excluding hydrogens is 423 g/mol. The van der Waals surface area contributed by atoms with E-state index in [9.17, 15) is 19.1 Å². The second-order valence-corrected chi connectivity index (χ2v) is 9.24. The van der Waals surface area contributed by atoms with Crippen molar-refractivity contribution in [1.29, 1.82) is 0 Å². The number of benzene rings is 1. The molecule has 2 N–H and O–H groups in total. The third-order valence-corrected chi connectivity index (χ3v) is 5.54. The van der Waals surface area contributed by atoms with Crippen molar-refractivity contribution < 1.29 is 23.8 Å². The van der Waals surface area contributed by atoms with E-state index in [2.05, 4.69) is 15.3 Å². The Balaban J connectivity index is 1.54. The number of pyridine rings is 1. The molecule has 0 unspecified atom stereocenters. The molecule has 2 amide bonds. The molecular formula is C21H21FN4O4S. The normalized spacial score (nSPS) is 13.8. The molecule has 1 aliphatic rings. The van der Waals surface area contributed by atoms with E-state index in [1.54, 1.807) is 32.9 Å². The molecule has 1 saturated carbocycles. The van der Waals surface area contributed by atoms with Gasteiger partial charge >= 0.3 is 6.09 Å². The minimum atomic E-state index is -1.18. The van der Waals surface area contributed by atoms with E-state index in [-0.39, 0.29) is 29.1 Å². The first-order valence-electron chi connectivity index (χ1n) is 9.71. The highest BCUT2D eigenvalue weighted by Crippen LogP contribution is 2.34. The molecule has 10 heteroatoms. The highest BCUT2D eigenvalue weighted by atomic mass is 32.1. The van der Waals surface area contributed by atoms with Crippen LogP contribution in [0, 0.1) is 11.7 Å². The summed E-state index contributed by atoms with van der Waals surface area (Å²) in [5.74, 6) is -0.601. The van der Waals surface area contributed by atoms with Gasteiger partial charge in [0.1, 0.15) is 10.3 Å². The number of rotatable bonds is 5. The van der Waals surface area contributed by atoms with Crippen LogP contribution in [0.1, 0.15) is 33.6 Å². The average Bonchev–Trinajstić information content (AvgIpc) is 3.43. The van der Waals surface area contributed by atoms with Crippen molar-refractivity contribution in [3.63, 3.8) is 0 Å². The third kappa shape index (κ3) is 4.58. The number of nitrogens with zero attached hydrogens (tertiary/aromatic N) is 3. The highest BCUT2D eigenvalue weighted by Gasteiger charge is 2.30. The summed E-state index contributed by atoms with van der Waals surface area (Å²) in [6, 6.07) is 7.20. The van der Waals surface area contributed by atoms with Crippen LogP contribution in [0.2, 0.25) is 0 Å². The molecule has 8 nitrogen and oxygen atoms in total. The van der Waals surface area contributed by atoms with Gasteiger partial charge in [0.25, 0.3) is 0 Å². The Morgan fingerprint density at radius 1 is 1.23 bits per heavy atom. The Kier molecular flexibility index (Phi) is 5.26. The molecule has 1 fully saturated rings. The minimum Gasteiger partial charge on any atom is -0.465 e. The molecule has 0 bridgehead atoms. The third-order valence-electron chi connectivity index (χ3n) is 4.66. The van der Waals surface area contributed by atoms with Crippen molar-refractivity contribution in [2.75, 3.05) is 10.2 Å². The number of carbonyl (C=O) groups excluding carboxylic acids is 1. The van der Waals surface area contributed by atoms with E-state index in [0.29, 0.717) is 15.5 Å². The van der Waals surface area contributed by atoms with Crippen LogP contribution in [0.25, 0.3) is 10.3 Å². The summed E-state index contributed by atoms with van der Waals surface area (Å²) >= 11 is 1.21. The van der Waals surface area contributed by atoms with E-state index in [0.717, 1.165) is 23.8 Å². The molecule has 0 radical (unpaired) electrons. The minimum absolute atomic E-state index is 0.0386. The number of amides is 2. The fourth-order valence-electron chi connectivity index (χ4n) is 3.07. The number of carboxylic acid groups (broad SMARTS) is 1. The number of halogens is 1. The molecule has 1 aliphatic carbocycles. The number of hydrogen-bond donors (Lipinski definition) is 2.